The van der Waals surface area contributed by atoms with Crippen LogP contribution in [0.5, 0.6) is 0 Å². The second-order valence-corrected chi connectivity index (χ2v) is 8.58. The van der Waals surface area contributed by atoms with Gasteiger partial charge in [0.2, 0.25) is 0 Å². The minimum Gasteiger partial charge on any atom is -0.391 e. The average Bonchev–Trinajstić information content (AvgIpc) is 3.29. The molecule has 30 heavy (non-hydrogen) atoms. The van der Waals surface area contributed by atoms with Gasteiger partial charge in [-0.15, -0.1) is 0 Å². The molecule has 0 aliphatic carbocycles. The SMILES string of the molecule is Cc1cc(C#N)cc2c1cc(Cc1c(Cl)ccc(C(=O)N3CC[C@H](O)C3)c1Cl)n2C. The molecule has 1 N–H and O–H groups in total. The molecular formula is C23H21Cl2N3O2. The van der Waals surface area contributed by atoms with E-state index in [0.717, 1.165) is 22.2 Å². The number of hydrogen-bond acceptors (Lipinski definition) is 3. The number of benzene rings is 2. The van der Waals surface area contributed by atoms with E-state index in [0.29, 0.717) is 52.7 Å². The molecule has 4 rings (SSSR count). The molecule has 3 aromatic rings. The molecule has 1 aromatic heterocycles. The fourth-order valence-corrected chi connectivity index (χ4v) is 4.69. The van der Waals surface area contributed by atoms with E-state index in [-0.39, 0.29) is 5.91 Å². The summed E-state index contributed by atoms with van der Waals surface area (Å²) in [5.41, 5.74) is 4.67. The van der Waals surface area contributed by atoms with E-state index in [1.165, 1.54) is 0 Å². The molecule has 5 nitrogen and oxygen atoms in total. The molecule has 1 aliphatic rings. The van der Waals surface area contributed by atoms with Crippen LogP contribution < -0.4 is 0 Å². The summed E-state index contributed by atoms with van der Waals surface area (Å²) in [6.45, 7) is 2.81. The first-order valence-electron chi connectivity index (χ1n) is 9.73. The number of β-amino-alcohol motifs (C(OH)–C–C–N with tert-alkyl or cyclic N) is 1. The number of halogens is 2. The first-order chi connectivity index (χ1) is 14.3. The third kappa shape index (κ3) is 3.56. The van der Waals surface area contributed by atoms with E-state index in [4.69, 9.17) is 23.2 Å². The summed E-state index contributed by atoms with van der Waals surface area (Å²) in [7, 11) is 1.95. The highest BCUT2D eigenvalue weighted by molar-refractivity contribution is 6.38. The maximum absolute atomic E-state index is 12.9. The number of rotatable bonds is 3. The van der Waals surface area contributed by atoms with Gasteiger partial charge in [-0.05, 0) is 54.8 Å². The first kappa shape index (κ1) is 20.7. The van der Waals surface area contributed by atoms with Crippen LogP contribution in [-0.2, 0) is 13.5 Å². The molecule has 1 atom stereocenters. The van der Waals surface area contributed by atoms with Crippen LogP contribution in [0.25, 0.3) is 10.9 Å². The maximum Gasteiger partial charge on any atom is 0.255 e. The molecule has 1 aliphatic heterocycles. The summed E-state index contributed by atoms with van der Waals surface area (Å²) in [6.07, 6.45) is 0.536. The number of aromatic nitrogens is 1. The Morgan fingerprint density at radius 3 is 2.73 bits per heavy atom. The fourth-order valence-electron chi connectivity index (χ4n) is 4.10. The van der Waals surface area contributed by atoms with Crippen molar-refractivity contribution in [1.82, 2.24) is 9.47 Å². The molecule has 2 aromatic carbocycles. The van der Waals surface area contributed by atoms with Gasteiger partial charge >= 0.3 is 0 Å². The molecule has 2 heterocycles. The predicted molar refractivity (Wildman–Crippen MR) is 118 cm³/mol. The van der Waals surface area contributed by atoms with Crippen molar-refractivity contribution in [2.24, 2.45) is 7.05 Å². The highest BCUT2D eigenvalue weighted by Crippen LogP contribution is 2.33. The number of amides is 1. The van der Waals surface area contributed by atoms with Crippen molar-refractivity contribution in [1.29, 1.82) is 5.26 Å². The zero-order chi connectivity index (χ0) is 21.6. The van der Waals surface area contributed by atoms with Crippen molar-refractivity contribution >= 4 is 40.0 Å². The van der Waals surface area contributed by atoms with Gasteiger partial charge in [0.05, 0.1) is 28.3 Å². The van der Waals surface area contributed by atoms with Gasteiger partial charge in [0.25, 0.3) is 5.91 Å². The van der Waals surface area contributed by atoms with Crippen LogP contribution in [0.4, 0.5) is 0 Å². The number of carbonyl (C=O) groups excluding carboxylic acids is 1. The molecular weight excluding hydrogens is 421 g/mol. The van der Waals surface area contributed by atoms with Crippen LogP contribution in [0.2, 0.25) is 10.0 Å². The van der Waals surface area contributed by atoms with E-state index < -0.39 is 6.10 Å². The second kappa shape index (κ2) is 7.96. The number of nitriles is 1. The molecule has 7 heteroatoms. The van der Waals surface area contributed by atoms with Gasteiger partial charge in [-0.25, -0.2) is 0 Å². The Morgan fingerprint density at radius 1 is 1.30 bits per heavy atom. The monoisotopic (exact) mass is 441 g/mol. The van der Waals surface area contributed by atoms with E-state index in [1.807, 2.05) is 30.7 Å². The van der Waals surface area contributed by atoms with Gasteiger partial charge in [0.1, 0.15) is 0 Å². The molecule has 0 radical (unpaired) electrons. The smallest absolute Gasteiger partial charge is 0.255 e. The summed E-state index contributed by atoms with van der Waals surface area (Å²) < 4.78 is 2.03. The van der Waals surface area contributed by atoms with Crippen LogP contribution in [0, 0.1) is 18.3 Å². The minimum absolute atomic E-state index is 0.194. The Kier molecular flexibility index (Phi) is 5.50. The van der Waals surface area contributed by atoms with Crippen molar-refractivity contribution < 1.29 is 9.90 Å². The Bertz CT molecular complexity index is 1210. The number of hydrogen-bond donors (Lipinski definition) is 1. The summed E-state index contributed by atoms with van der Waals surface area (Å²) in [5.74, 6) is -0.194. The van der Waals surface area contributed by atoms with Crippen LogP contribution in [-0.4, -0.2) is 39.7 Å². The molecule has 0 spiro atoms. The molecule has 1 fully saturated rings. The van der Waals surface area contributed by atoms with Crippen LogP contribution in [0.15, 0.2) is 30.3 Å². The standard InChI is InChI=1S/C23H21Cl2N3O2/c1-13-7-14(11-26)8-21-18(13)9-15(27(21)2)10-19-20(24)4-3-17(22(19)25)23(30)28-6-5-16(29)12-28/h3-4,7-9,16,29H,5-6,10,12H2,1-2H3/t16-/m0/s1. The molecule has 0 bridgehead atoms. The van der Waals surface area contributed by atoms with Gasteiger partial charge in [-0.3, -0.25) is 4.79 Å². The van der Waals surface area contributed by atoms with Crippen molar-refractivity contribution in [2.45, 2.75) is 25.9 Å². The zero-order valence-electron chi connectivity index (χ0n) is 16.7. The summed E-state index contributed by atoms with van der Waals surface area (Å²) in [5, 5.41) is 20.9. The zero-order valence-corrected chi connectivity index (χ0v) is 18.3. The lowest BCUT2D eigenvalue weighted by Crippen LogP contribution is -2.29. The van der Waals surface area contributed by atoms with Gasteiger partial charge in [-0.2, -0.15) is 5.26 Å². The van der Waals surface area contributed by atoms with Crippen LogP contribution in [0.3, 0.4) is 0 Å². The largest absolute Gasteiger partial charge is 0.391 e. The van der Waals surface area contributed by atoms with E-state index in [9.17, 15) is 15.2 Å². The van der Waals surface area contributed by atoms with Crippen molar-refractivity contribution in [3.05, 3.63) is 68.3 Å². The number of nitrogens with zero attached hydrogens (tertiary/aromatic N) is 3. The lowest BCUT2D eigenvalue weighted by molar-refractivity contribution is 0.0765. The third-order valence-corrected chi connectivity index (χ3v) is 6.61. The summed E-state index contributed by atoms with van der Waals surface area (Å²) >= 11 is 13.1. The van der Waals surface area contributed by atoms with E-state index >= 15 is 0 Å². The number of likely N-dealkylation sites (tertiary alicyclic amines) is 1. The van der Waals surface area contributed by atoms with Crippen LogP contribution >= 0.6 is 23.2 Å². The predicted octanol–water partition coefficient (Wildman–Crippen LogP) is 4.46. The topological polar surface area (TPSA) is 69.3 Å². The highest BCUT2D eigenvalue weighted by atomic mass is 35.5. The Morgan fingerprint density at radius 2 is 2.07 bits per heavy atom. The van der Waals surface area contributed by atoms with Gasteiger partial charge in [-0.1, -0.05) is 23.2 Å². The summed E-state index contributed by atoms with van der Waals surface area (Å²) in [4.78, 5) is 14.5. The Hall–Kier alpha value is -2.52. The summed E-state index contributed by atoms with van der Waals surface area (Å²) in [6, 6.07) is 11.4. The average molecular weight is 442 g/mol. The maximum atomic E-state index is 12.9. The quantitative estimate of drug-likeness (QED) is 0.651. The number of aliphatic hydroxyl groups is 1. The molecule has 1 amide bonds. The minimum atomic E-state index is -0.489. The lowest BCUT2D eigenvalue weighted by atomic mass is 10.0. The molecule has 0 saturated carbocycles. The number of aliphatic hydroxyl groups excluding tert-OH is 1. The molecule has 154 valence electrons. The van der Waals surface area contributed by atoms with E-state index in [1.54, 1.807) is 17.0 Å². The Balaban J connectivity index is 1.73. The highest BCUT2D eigenvalue weighted by Gasteiger charge is 2.28. The van der Waals surface area contributed by atoms with Crippen molar-refractivity contribution in [3.8, 4) is 6.07 Å². The van der Waals surface area contributed by atoms with Crippen LogP contribution in [0.1, 0.15) is 39.2 Å². The van der Waals surface area contributed by atoms with E-state index in [2.05, 4.69) is 12.1 Å². The van der Waals surface area contributed by atoms with Gasteiger partial charge in [0.15, 0.2) is 0 Å². The normalized spacial score (nSPS) is 16.3. The molecule has 0 unspecified atom stereocenters. The van der Waals surface area contributed by atoms with Gasteiger partial charge < -0.3 is 14.6 Å². The number of carbonyl (C=O) groups is 1. The van der Waals surface area contributed by atoms with Gasteiger partial charge in [0, 0.05) is 48.2 Å². The Labute approximate surface area is 185 Å². The first-order valence-corrected chi connectivity index (χ1v) is 10.5. The second-order valence-electron chi connectivity index (χ2n) is 7.79. The lowest BCUT2D eigenvalue weighted by Gasteiger charge is -2.18. The molecule has 1 saturated heterocycles. The fraction of sp³-hybridized carbons (Fsp3) is 0.304. The van der Waals surface area contributed by atoms with Crippen molar-refractivity contribution in [3.63, 3.8) is 0 Å². The third-order valence-electron chi connectivity index (χ3n) is 5.82. The number of aryl methyl sites for hydroxylation is 2. The van der Waals surface area contributed by atoms with Crippen molar-refractivity contribution in [2.75, 3.05) is 13.1 Å². The number of fused-ring (bicyclic) bond motifs is 1.